The summed E-state index contributed by atoms with van der Waals surface area (Å²) in [5, 5.41) is 5.20. The number of thioether (sulfide) groups is 1. The monoisotopic (exact) mass is 481 g/mol. The summed E-state index contributed by atoms with van der Waals surface area (Å²) in [6.07, 6.45) is 0. The molecule has 7 nitrogen and oxygen atoms in total. The Hall–Kier alpha value is -3.30. The number of ether oxygens (including phenoxy) is 2. The average Bonchev–Trinajstić information content (AvgIpc) is 3.30. The fourth-order valence-electron chi connectivity index (χ4n) is 3.34. The Morgan fingerprint density at radius 3 is 2.67 bits per heavy atom. The molecule has 0 radical (unpaired) electrons. The van der Waals surface area contributed by atoms with Crippen LogP contribution in [0.3, 0.4) is 0 Å². The SMILES string of the molecule is CCOc1ccccc1NC(=O)CSc1nc2ccsc2c(=O)n1Cc1ccccc1OC. The molecule has 170 valence electrons. The molecule has 2 aromatic carbocycles. The van der Waals surface area contributed by atoms with Crippen molar-refractivity contribution < 1.29 is 14.3 Å². The predicted octanol–water partition coefficient (Wildman–Crippen LogP) is 4.64. The summed E-state index contributed by atoms with van der Waals surface area (Å²) in [5.74, 6) is 1.19. The molecule has 0 aliphatic carbocycles. The number of carbonyl (C=O) groups is 1. The van der Waals surface area contributed by atoms with Crippen molar-refractivity contribution in [2.75, 3.05) is 24.8 Å². The van der Waals surface area contributed by atoms with Crippen LogP contribution in [0.1, 0.15) is 12.5 Å². The second kappa shape index (κ2) is 10.5. The molecule has 2 aromatic heterocycles. The van der Waals surface area contributed by atoms with Gasteiger partial charge in [0.05, 0.1) is 37.2 Å². The lowest BCUT2D eigenvalue weighted by Crippen LogP contribution is -2.24. The van der Waals surface area contributed by atoms with Crippen molar-refractivity contribution in [2.45, 2.75) is 18.6 Å². The number of hydrogen-bond donors (Lipinski definition) is 1. The highest BCUT2D eigenvalue weighted by Gasteiger charge is 2.16. The highest BCUT2D eigenvalue weighted by atomic mass is 32.2. The topological polar surface area (TPSA) is 82.5 Å². The standard InChI is InChI=1S/C24H23N3O4S2/c1-3-31-20-11-7-5-9-17(20)25-21(28)15-33-24-26-18-12-13-32-22(18)23(29)27(24)14-16-8-4-6-10-19(16)30-2/h4-13H,3,14-15H2,1-2H3,(H,25,28). The third kappa shape index (κ3) is 5.20. The van der Waals surface area contributed by atoms with E-state index in [9.17, 15) is 9.59 Å². The number of para-hydroxylation sites is 3. The lowest BCUT2D eigenvalue weighted by Gasteiger charge is -2.14. The average molecular weight is 482 g/mol. The van der Waals surface area contributed by atoms with Crippen LogP contribution in [0, 0.1) is 0 Å². The molecule has 0 aliphatic rings. The number of thiophene rings is 1. The van der Waals surface area contributed by atoms with E-state index < -0.39 is 0 Å². The number of nitrogens with zero attached hydrogens (tertiary/aromatic N) is 2. The highest BCUT2D eigenvalue weighted by molar-refractivity contribution is 7.99. The molecule has 0 atom stereocenters. The molecule has 0 unspecified atom stereocenters. The van der Waals surface area contributed by atoms with Gasteiger partial charge in [-0.15, -0.1) is 11.3 Å². The summed E-state index contributed by atoms with van der Waals surface area (Å²) < 4.78 is 13.2. The molecular weight excluding hydrogens is 458 g/mol. The Kier molecular flexibility index (Phi) is 7.31. The van der Waals surface area contributed by atoms with Gasteiger partial charge in [-0.1, -0.05) is 42.1 Å². The van der Waals surface area contributed by atoms with Crippen molar-refractivity contribution in [3.05, 3.63) is 75.9 Å². The largest absolute Gasteiger partial charge is 0.496 e. The summed E-state index contributed by atoms with van der Waals surface area (Å²) >= 11 is 2.58. The number of rotatable bonds is 9. The van der Waals surface area contributed by atoms with E-state index in [2.05, 4.69) is 10.3 Å². The summed E-state index contributed by atoms with van der Waals surface area (Å²) in [6.45, 7) is 2.68. The van der Waals surface area contributed by atoms with Gasteiger partial charge < -0.3 is 14.8 Å². The summed E-state index contributed by atoms with van der Waals surface area (Å²) in [4.78, 5) is 30.6. The first kappa shape index (κ1) is 22.9. The zero-order chi connectivity index (χ0) is 23.2. The van der Waals surface area contributed by atoms with Crippen LogP contribution in [0.5, 0.6) is 11.5 Å². The molecule has 0 spiro atoms. The number of amides is 1. The van der Waals surface area contributed by atoms with Crippen molar-refractivity contribution >= 4 is 44.9 Å². The molecule has 0 saturated heterocycles. The van der Waals surface area contributed by atoms with E-state index in [0.29, 0.717) is 45.7 Å². The minimum atomic E-state index is -0.212. The van der Waals surface area contributed by atoms with Crippen molar-refractivity contribution in [3.8, 4) is 11.5 Å². The number of aromatic nitrogens is 2. The van der Waals surface area contributed by atoms with E-state index in [-0.39, 0.29) is 17.2 Å². The number of benzene rings is 2. The lowest BCUT2D eigenvalue weighted by atomic mass is 10.2. The molecule has 1 amide bonds. The Morgan fingerprint density at radius 1 is 1.12 bits per heavy atom. The van der Waals surface area contributed by atoms with Crippen molar-refractivity contribution in [2.24, 2.45) is 0 Å². The minimum Gasteiger partial charge on any atom is -0.496 e. The van der Waals surface area contributed by atoms with Crippen LogP contribution in [-0.4, -0.2) is 34.9 Å². The molecule has 0 bridgehead atoms. The zero-order valence-corrected chi connectivity index (χ0v) is 19.9. The van der Waals surface area contributed by atoms with E-state index in [0.717, 1.165) is 5.56 Å². The third-order valence-electron chi connectivity index (χ3n) is 4.85. The maximum absolute atomic E-state index is 13.2. The van der Waals surface area contributed by atoms with Crippen LogP contribution >= 0.6 is 23.1 Å². The second-order valence-electron chi connectivity index (χ2n) is 7.00. The first-order valence-corrected chi connectivity index (χ1v) is 12.2. The van der Waals surface area contributed by atoms with Gasteiger partial charge in [0, 0.05) is 5.56 Å². The van der Waals surface area contributed by atoms with Crippen molar-refractivity contribution in [3.63, 3.8) is 0 Å². The molecule has 0 saturated carbocycles. The minimum absolute atomic E-state index is 0.0917. The molecule has 1 N–H and O–H groups in total. The van der Waals surface area contributed by atoms with Gasteiger partial charge in [0.15, 0.2) is 5.16 Å². The number of anilines is 1. The van der Waals surface area contributed by atoms with Gasteiger partial charge in [-0.3, -0.25) is 14.2 Å². The lowest BCUT2D eigenvalue weighted by molar-refractivity contribution is -0.113. The van der Waals surface area contributed by atoms with Crippen LogP contribution in [0.4, 0.5) is 5.69 Å². The molecule has 0 aliphatic heterocycles. The fraction of sp³-hybridized carbons (Fsp3) is 0.208. The van der Waals surface area contributed by atoms with Gasteiger partial charge >= 0.3 is 0 Å². The van der Waals surface area contributed by atoms with E-state index in [1.165, 1.54) is 23.1 Å². The molecule has 4 aromatic rings. The molecule has 4 rings (SSSR count). The third-order valence-corrected chi connectivity index (χ3v) is 6.71. The first-order chi connectivity index (χ1) is 16.1. The predicted molar refractivity (Wildman–Crippen MR) is 133 cm³/mol. The highest BCUT2D eigenvalue weighted by Crippen LogP contribution is 2.26. The first-order valence-electron chi connectivity index (χ1n) is 10.3. The van der Waals surface area contributed by atoms with Crippen LogP contribution in [0.25, 0.3) is 10.2 Å². The quantitative estimate of drug-likeness (QED) is 0.277. The van der Waals surface area contributed by atoms with Gasteiger partial charge in [-0.25, -0.2) is 4.98 Å². The molecule has 9 heteroatoms. The normalized spacial score (nSPS) is 10.8. The number of carbonyl (C=O) groups excluding carboxylic acids is 1. The fourth-order valence-corrected chi connectivity index (χ4v) is 4.92. The van der Waals surface area contributed by atoms with E-state index in [1.54, 1.807) is 17.7 Å². The van der Waals surface area contributed by atoms with E-state index in [4.69, 9.17) is 9.47 Å². The van der Waals surface area contributed by atoms with Crippen molar-refractivity contribution in [1.29, 1.82) is 0 Å². The van der Waals surface area contributed by atoms with Crippen LogP contribution in [0.2, 0.25) is 0 Å². The smallest absolute Gasteiger partial charge is 0.272 e. The number of methoxy groups -OCH3 is 1. The Bertz CT molecular complexity index is 1330. The zero-order valence-electron chi connectivity index (χ0n) is 18.2. The summed E-state index contributed by atoms with van der Waals surface area (Å²) in [5.41, 5.74) is 1.96. The van der Waals surface area contributed by atoms with E-state index >= 15 is 0 Å². The van der Waals surface area contributed by atoms with Gasteiger partial charge in [0.25, 0.3) is 5.56 Å². The maximum Gasteiger partial charge on any atom is 0.272 e. The van der Waals surface area contributed by atoms with Gasteiger partial charge in [-0.2, -0.15) is 0 Å². The summed E-state index contributed by atoms with van der Waals surface area (Å²) in [6, 6.07) is 16.7. The Morgan fingerprint density at radius 2 is 1.88 bits per heavy atom. The van der Waals surface area contributed by atoms with E-state index in [1.807, 2.05) is 60.8 Å². The molecular formula is C24H23N3O4S2. The Balaban J connectivity index is 1.59. The molecule has 2 heterocycles. The second-order valence-corrected chi connectivity index (χ2v) is 8.86. The van der Waals surface area contributed by atoms with Crippen LogP contribution < -0.4 is 20.3 Å². The van der Waals surface area contributed by atoms with Crippen LogP contribution in [0.15, 0.2) is 69.9 Å². The summed E-state index contributed by atoms with van der Waals surface area (Å²) in [7, 11) is 1.60. The number of fused-ring (bicyclic) bond motifs is 1. The molecule has 0 fully saturated rings. The maximum atomic E-state index is 13.2. The van der Waals surface area contributed by atoms with Crippen LogP contribution in [-0.2, 0) is 11.3 Å². The van der Waals surface area contributed by atoms with Crippen molar-refractivity contribution in [1.82, 2.24) is 9.55 Å². The van der Waals surface area contributed by atoms with Gasteiger partial charge in [0.2, 0.25) is 5.91 Å². The number of nitrogens with one attached hydrogen (secondary N) is 1. The Labute approximate surface area is 199 Å². The van der Waals surface area contributed by atoms with Gasteiger partial charge in [0.1, 0.15) is 16.2 Å². The number of hydrogen-bond acceptors (Lipinski definition) is 7. The van der Waals surface area contributed by atoms with Gasteiger partial charge in [-0.05, 0) is 36.6 Å². The molecule has 33 heavy (non-hydrogen) atoms.